The van der Waals surface area contributed by atoms with E-state index in [1.165, 1.54) is 134 Å². The van der Waals surface area contributed by atoms with Crippen molar-refractivity contribution in [2.45, 2.75) is 77.0 Å². The van der Waals surface area contributed by atoms with Gasteiger partial charge in [-0.15, -0.1) is 0 Å². The van der Waals surface area contributed by atoms with Gasteiger partial charge in [0.25, 0.3) is 0 Å². The van der Waals surface area contributed by atoms with Crippen LogP contribution in [0.1, 0.15) is 99.9 Å². The molecule has 2 aromatic heterocycles. The maximum absolute atomic E-state index is 4.93. The van der Waals surface area contributed by atoms with E-state index >= 15 is 0 Å². The molecule has 22 aromatic rings. The summed E-state index contributed by atoms with van der Waals surface area (Å²) in [6.07, 6.45) is 3.38. The zero-order valence-corrected chi connectivity index (χ0v) is 84.1. The summed E-state index contributed by atoms with van der Waals surface area (Å²) in [5.41, 5.74) is 50.7. The molecule has 8 nitrogen and oxygen atoms in total. The summed E-state index contributed by atoms with van der Waals surface area (Å²) in [6.45, 7) is 18.7. The number of anilines is 12. The first-order valence-electron chi connectivity index (χ1n) is 51.2. The quantitative estimate of drug-likeness (QED) is 0.0748. The highest BCUT2D eigenvalue weighted by Crippen LogP contribution is 2.57. The minimum Gasteiger partial charge on any atom is -0.310 e. The van der Waals surface area contributed by atoms with Gasteiger partial charge in [-0.3, -0.25) is 0 Å². The third-order valence-corrected chi connectivity index (χ3v) is 31.2. The number of rotatable bonds is 20. The van der Waals surface area contributed by atoms with E-state index in [4.69, 9.17) is 19.9 Å². The second kappa shape index (κ2) is 37.2. The van der Waals surface area contributed by atoms with Crippen molar-refractivity contribution in [2.24, 2.45) is 0 Å². The number of nitrogens with zero attached hydrogens (tertiary/aromatic N) is 8. The van der Waals surface area contributed by atoms with E-state index in [2.05, 4.69) is 572 Å². The molecule has 708 valence electrons. The number of fused-ring (bicyclic) bond motifs is 12. The van der Waals surface area contributed by atoms with E-state index in [9.17, 15) is 0 Å². The van der Waals surface area contributed by atoms with Gasteiger partial charge in [-0.1, -0.05) is 395 Å². The van der Waals surface area contributed by atoms with Crippen molar-refractivity contribution >= 4 is 68.2 Å². The lowest BCUT2D eigenvalue weighted by molar-refractivity contribution is 0.660. The van der Waals surface area contributed by atoms with Crippen LogP contribution in [-0.2, 0) is 21.7 Å². The summed E-state index contributed by atoms with van der Waals surface area (Å²) in [5.74, 6) is 0. The molecule has 0 fully saturated rings. The molecule has 0 N–H and O–H groups in total. The third kappa shape index (κ3) is 16.4. The van der Waals surface area contributed by atoms with Crippen LogP contribution in [0.5, 0.6) is 0 Å². The molecule has 8 heteroatoms. The van der Waals surface area contributed by atoms with Crippen LogP contribution in [0, 0.1) is 0 Å². The van der Waals surface area contributed by atoms with E-state index in [0.29, 0.717) is 0 Å². The lowest BCUT2D eigenvalue weighted by atomic mass is 9.82. The van der Waals surface area contributed by atoms with Crippen LogP contribution < -0.4 is 19.6 Å². The fraction of sp³-hybridized carbons (Fsp3) is 0.0857. The van der Waals surface area contributed by atoms with Crippen LogP contribution in [-0.4, -0.2) is 19.9 Å². The predicted octanol–water partition coefficient (Wildman–Crippen LogP) is 37.4. The standard InChI is InChI=1S/2C70H54N4/c1-69(2)63-27-13-11-25-59(63)61-39-37-57(43-65(61)69)73(53-33-29-49(30-34-53)47-17-7-5-8-18-47)55-23-15-21-51(41-55)67-45-68(72-46-71-67)52-22-16-24-56(42-52)74(54-35-31-50(32-36-54)48-19-9-6-10-20-48)58-38-40-62-60-26-12-14-28-64(60)70(3,4)66(62)44-58;1-69(2)63-21-13-11-19-59(63)61-41-39-57(43-65(61)69)73(53-31-23-49(24-32-53)47-15-7-5-8-16-47)55-35-27-51(28-36-55)67-45-68(72-46-71-67)52-29-37-56(38-30-52)74(54-33-25-50(26-34-54)48-17-9-6-10-18-48)58-40-42-62-60-20-12-14-22-64(60)70(3,4)66(62)44-58/h2*5-46H,1-4H3. The topological polar surface area (TPSA) is 64.5 Å². The van der Waals surface area contributed by atoms with Crippen LogP contribution in [0.3, 0.4) is 0 Å². The molecule has 0 spiro atoms. The van der Waals surface area contributed by atoms with Crippen molar-refractivity contribution < 1.29 is 0 Å². The first-order chi connectivity index (χ1) is 72.4. The fourth-order valence-electron chi connectivity index (χ4n) is 23.4. The first kappa shape index (κ1) is 91.0. The number of aromatic nitrogens is 4. The summed E-state index contributed by atoms with van der Waals surface area (Å²) in [4.78, 5) is 29.0. The van der Waals surface area contributed by atoms with E-state index < -0.39 is 0 Å². The highest BCUT2D eigenvalue weighted by molar-refractivity contribution is 5.94. The van der Waals surface area contributed by atoms with Crippen molar-refractivity contribution in [1.82, 2.24) is 19.9 Å². The Morgan fingerprint density at radius 3 is 0.547 bits per heavy atom. The number of hydrogen-bond acceptors (Lipinski definition) is 8. The minimum atomic E-state index is -0.143. The smallest absolute Gasteiger partial charge is 0.116 e. The van der Waals surface area contributed by atoms with Gasteiger partial charge in [0.05, 0.1) is 22.8 Å². The average molecular weight is 1900 g/mol. The largest absolute Gasteiger partial charge is 0.310 e. The fourth-order valence-corrected chi connectivity index (χ4v) is 23.4. The van der Waals surface area contributed by atoms with Gasteiger partial charge in [-0.2, -0.15) is 0 Å². The molecule has 0 saturated carbocycles. The zero-order valence-electron chi connectivity index (χ0n) is 84.1. The Balaban J connectivity index is 0.000000154. The van der Waals surface area contributed by atoms with Gasteiger partial charge in [-0.25, -0.2) is 19.9 Å². The van der Waals surface area contributed by atoms with Crippen LogP contribution in [0.25, 0.3) is 134 Å². The highest BCUT2D eigenvalue weighted by Gasteiger charge is 2.41. The Morgan fingerprint density at radius 2 is 0.304 bits per heavy atom. The Kier molecular flexibility index (Phi) is 22.9. The van der Waals surface area contributed by atoms with Gasteiger partial charge in [0.2, 0.25) is 0 Å². The zero-order chi connectivity index (χ0) is 99.9. The second-order valence-corrected chi connectivity index (χ2v) is 41.4. The molecule has 0 amide bonds. The van der Waals surface area contributed by atoms with E-state index in [0.717, 1.165) is 113 Å². The normalized spacial score (nSPS) is 13.4. The molecule has 148 heavy (non-hydrogen) atoms. The summed E-state index contributed by atoms with van der Waals surface area (Å²) >= 11 is 0. The molecular formula is C140H108N8. The van der Waals surface area contributed by atoms with E-state index in [1.807, 2.05) is 0 Å². The lowest BCUT2D eigenvalue weighted by Crippen LogP contribution is -2.16. The molecule has 4 aliphatic rings. The predicted molar refractivity (Wildman–Crippen MR) is 617 cm³/mol. The van der Waals surface area contributed by atoms with Gasteiger partial charge in [0, 0.05) is 112 Å². The van der Waals surface area contributed by atoms with Crippen molar-refractivity contribution in [3.05, 3.63) is 555 Å². The molecule has 20 aromatic carbocycles. The van der Waals surface area contributed by atoms with Crippen molar-refractivity contribution in [2.75, 3.05) is 19.6 Å². The molecule has 0 bridgehead atoms. The monoisotopic (exact) mass is 1900 g/mol. The van der Waals surface area contributed by atoms with Gasteiger partial charge in [0.1, 0.15) is 12.7 Å². The maximum atomic E-state index is 4.93. The van der Waals surface area contributed by atoms with Crippen LogP contribution in [0.4, 0.5) is 68.2 Å². The summed E-state index contributed by atoms with van der Waals surface area (Å²) in [6, 6.07) is 181. The number of benzene rings is 20. The second-order valence-electron chi connectivity index (χ2n) is 41.4. The van der Waals surface area contributed by atoms with E-state index in [1.54, 1.807) is 12.7 Å². The van der Waals surface area contributed by atoms with Crippen molar-refractivity contribution in [1.29, 1.82) is 0 Å². The SMILES string of the molecule is CC1(C)c2ccccc2-c2ccc(N(c3ccc(-c4ccccc4)cc3)c3ccc(-c4cc(-c5ccc(N(c6ccc(-c7ccccc7)cc6)c6ccc7c(c6)C(C)(C)c6ccccc6-7)cc5)ncn4)cc3)cc21.CC1(C)c2ccccc2-c2ccc(N(c3ccc(-c4ccccc4)cc3)c3cccc(-c4cc(-c5cccc(N(c6ccc(-c7ccccc7)cc6)c6ccc7c(c6)C(C)(C)c6ccccc6-7)c5)ncn4)c3)cc21. The maximum Gasteiger partial charge on any atom is 0.116 e. The third-order valence-electron chi connectivity index (χ3n) is 31.2. The van der Waals surface area contributed by atoms with Crippen LogP contribution >= 0.6 is 0 Å². The first-order valence-corrected chi connectivity index (χ1v) is 51.2. The molecule has 4 aliphatic carbocycles. The summed E-state index contributed by atoms with van der Waals surface area (Å²) in [5, 5.41) is 0. The highest BCUT2D eigenvalue weighted by atomic mass is 15.2. The molecule has 26 rings (SSSR count). The molecule has 2 heterocycles. The van der Waals surface area contributed by atoms with Gasteiger partial charge < -0.3 is 19.6 Å². The molecule has 0 aliphatic heterocycles. The Labute approximate surface area is 867 Å². The van der Waals surface area contributed by atoms with Crippen LogP contribution in [0.15, 0.2) is 510 Å². The van der Waals surface area contributed by atoms with Gasteiger partial charge >= 0.3 is 0 Å². The van der Waals surface area contributed by atoms with Gasteiger partial charge in [0.15, 0.2) is 0 Å². The average Bonchev–Trinajstić information content (AvgIpc) is 1.59. The van der Waals surface area contributed by atoms with Gasteiger partial charge in [-0.05, 0) is 291 Å². The Bertz CT molecular complexity index is 8280. The minimum absolute atomic E-state index is 0.124. The summed E-state index contributed by atoms with van der Waals surface area (Å²) < 4.78 is 0. The summed E-state index contributed by atoms with van der Waals surface area (Å²) in [7, 11) is 0. The molecule has 0 radical (unpaired) electrons. The number of hydrogen-bond donors (Lipinski definition) is 0. The molecular weight excluding hydrogens is 1790 g/mol. The molecule has 0 atom stereocenters. The van der Waals surface area contributed by atoms with Crippen LogP contribution in [0.2, 0.25) is 0 Å². The molecule has 0 saturated heterocycles. The lowest BCUT2D eigenvalue weighted by Gasteiger charge is -2.28. The van der Waals surface area contributed by atoms with E-state index in [-0.39, 0.29) is 21.7 Å². The molecule has 0 unspecified atom stereocenters. The van der Waals surface area contributed by atoms with Crippen molar-refractivity contribution in [3.8, 4) is 134 Å². The van der Waals surface area contributed by atoms with Crippen molar-refractivity contribution in [3.63, 3.8) is 0 Å². The Morgan fingerprint density at radius 1 is 0.128 bits per heavy atom. The Hall–Kier alpha value is -18.2.